The maximum atomic E-state index is 4.52. The number of aromatic nitrogens is 16. The molecule has 5 heterocycles. The Morgan fingerprint density at radius 1 is 0.421 bits per heavy atom. The van der Waals surface area contributed by atoms with Gasteiger partial charge in [-0.15, -0.1) is 40.8 Å². The molecular formula is C22H20N16. The monoisotopic (exact) mass is 508 g/mol. The maximum Gasteiger partial charge on any atom is 0.204 e. The van der Waals surface area contributed by atoms with Crippen LogP contribution in [0.1, 0.15) is 12.8 Å². The van der Waals surface area contributed by atoms with E-state index in [9.17, 15) is 0 Å². The van der Waals surface area contributed by atoms with Crippen LogP contribution in [0.15, 0.2) is 48.5 Å². The highest BCUT2D eigenvalue weighted by molar-refractivity contribution is 5.66. The molecule has 0 atom stereocenters. The van der Waals surface area contributed by atoms with E-state index in [1.807, 2.05) is 48.5 Å². The second kappa shape index (κ2) is 9.30. The second-order valence-corrected chi connectivity index (χ2v) is 8.70. The molecule has 0 radical (unpaired) electrons. The third kappa shape index (κ3) is 4.38. The molecule has 1 aliphatic rings. The highest BCUT2D eigenvalue weighted by Crippen LogP contribution is 2.22. The molecule has 2 aromatic carbocycles. The molecule has 16 heteroatoms. The molecule has 1 aliphatic heterocycles. The Morgan fingerprint density at radius 3 is 1.00 bits per heavy atom. The normalized spacial score (nSPS) is 13.7. The van der Waals surface area contributed by atoms with Crippen molar-refractivity contribution in [1.82, 2.24) is 80.8 Å². The molecule has 0 saturated heterocycles. The number of rotatable bonds is 0. The van der Waals surface area contributed by atoms with E-state index in [0.29, 0.717) is 62.3 Å². The quantitative estimate of drug-likeness (QED) is 0.282. The number of fused-ring (bicyclic) bond motifs is 16. The summed E-state index contributed by atoms with van der Waals surface area (Å²) in [5, 5.41) is 51.7. The van der Waals surface area contributed by atoms with Gasteiger partial charge in [-0.25, -0.2) is 0 Å². The summed E-state index contributed by atoms with van der Waals surface area (Å²) in [6.45, 7) is 2.21. The first kappa shape index (κ1) is 22.0. The lowest BCUT2D eigenvalue weighted by Gasteiger charge is -2.01. The molecule has 0 saturated carbocycles. The molecule has 6 aromatic rings. The van der Waals surface area contributed by atoms with E-state index in [1.165, 1.54) is 0 Å². The summed E-state index contributed by atoms with van der Waals surface area (Å²) in [7, 11) is 0. The number of benzene rings is 2. The molecule has 7 rings (SSSR count). The molecule has 16 nitrogen and oxygen atoms in total. The Labute approximate surface area is 214 Å². The summed E-state index contributed by atoms with van der Waals surface area (Å²) in [5.41, 5.74) is 3.27. The van der Waals surface area contributed by atoms with E-state index in [2.05, 4.69) is 61.6 Å². The Balaban J connectivity index is 1.20. The van der Waals surface area contributed by atoms with Gasteiger partial charge >= 0.3 is 0 Å². The molecule has 0 unspecified atom stereocenters. The smallest absolute Gasteiger partial charge is 0.164 e. The van der Waals surface area contributed by atoms with Crippen LogP contribution in [-0.4, -0.2) is 80.8 Å². The van der Waals surface area contributed by atoms with E-state index in [4.69, 9.17) is 0 Å². The lowest BCUT2D eigenvalue weighted by molar-refractivity contribution is 0.429. The van der Waals surface area contributed by atoms with Crippen LogP contribution in [0.4, 0.5) is 0 Å². The Morgan fingerprint density at radius 2 is 0.711 bits per heavy atom. The highest BCUT2D eigenvalue weighted by atomic mass is 15.6. The lowest BCUT2D eigenvalue weighted by atomic mass is 10.1. The average molecular weight is 509 g/mol. The summed E-state index contributed by atoms with van der Waals surface area (Å²) >= 11 is 0. The lowest BCUT2D eigenvalue weighted by Crippen LogP contribution is -2.09. The second-order valence-electron chi connectivity index (χ2n) is 8.70. The van der Waals surface area contributed by atoms with Crippen LogP contribution in [0.5, 0.6) is 0 Å². The predicted octanol–water partition coefficient (Wildman–Crippen LogP) is 0.795. The topological polar surface area (TPSA) is 174 Å². The summed E-state index contributed by atoms with van der Waals surface area (Å²) in [6.07, 6.45) is 1.40. The molecular weight excluding hydrogens is 488 g/mol. The van der Waals surface area contributed by atoms with Crippen LogP contribution >= 0.6 is 0 Å². The van der Waals surface area contributed by atoms with Gasteiger partial charge in [-0.2, -0.15) is 19.2 Å². The largest absolute Gasteiger partial charge is 0.204 e. The first-order valence-electron chi connectivity index (χ1n) is 12.1. The van der Waals surface area contributed by atoms with Crippen LogP contribution in [-0.2, 0) is 26.2 Å². The number of aryl methyl sites for hydroxylation is 4. The van der Waals surface area contributed by atoms with Gasteiger partial charge in [0.1, 0.15) is 0 Å². The number of hydrogen-bond acceptors (Lipinski definition) is 12. The van der Waals surface area contributed by atoms with Crippen molar-refractivity contribution in [1.29, 1.82) is 0 Å². The number of hydrogen-bond donors (Lipinski definition) is 0. The maximum absolute atomic E-state index is 4.52. The van der Waals surface area contributed by atoms with Crippen molar-refractivity contribution in [3.8, 4) is 45.6 Å². The minimum absolute atomic E-state index is 0.523. The van der Waals surface area contributed by atoms with Gasteiger partial charge in [0, 0.05) is 22.3 Å². The molecule has 0 amide bonds. The first-order chi connectivity index (χ1) is 18.8. The Kier molecular flexibility index (Phi) is 5.38. The van der Waals surface area contributed by atoms with Gasteiger partial charge in [0.15, 0.2) is 0 Å². The van der Waals surface area contributed by atoms with E-state index in [-0.39, 0.29) is 0 Å². The van der Waals surface area contributed by atoms with Gasteiger partial charge in [-0.1, -0.05) is 36.4 Å². The fourth-order valence-electron chi connectivity index (χ4n) is 4.12. The summed E-state index contributed by atoms with van der Waals surface area (Å²) in [6, 6.07) is 15.4. The first-order valence-corrected chi connectivity index (χ1v) is 12.1. The Hall–Kier alpha value is -5.28. The van der Waals surface area contributed by atoms with Crippen molar-refractivity contribution < 1.29 is 0 Å². The predicted molar refractivity (Wildman–Crippen MR) is 129 cm³/mol. The molecule has 38 heavy (non-hydrogen) atoms. The van der Waals surface area contributed by atoms with E-state index < -0.39 is 0 Å². The molecule has 0 fully saturated rings. The van der Waals surface area contributed by atoms with Crippen molar-refractivity contribution in [2.45, 2.75) is 39.0 Å². The van der Waals surface area contributed by atoms with Crippen molar-refractivity contribution in [3.63, 3.8) is 0 Å². The summed E-state index contributed by atoms with van der Waals surface area (Å²) in [5.74, 6) is 2.09. The summed E-state index contributed by atoms with van der Waals surface area (Å²) in [4.78, 5) is 6.26. The van der Waals surface area contributed by atoms with Crippen molar-refractivity contribution >= 4 is 0 Å². The van der Waals surface area contributed by atoms with Gasteiger partial charge in [-0.3, -0.25) is 0 Å². The van der Waals surface area contributed by atoms with Gasteiger partial charge in [0.25, 0.3) is 0 Å². The third-order valence-electron chi connectivity index (χ3n) is 6.00. The van der Waals surface area contributed by atoms with Crippen LogP contribution in [0, 0.1) is 0 Å². The minimum atomic E-state index is 0.523. The van der Waals surface area contributed by atoms with Crippen LogP contribution in [0.25, 0.3) is 45.6 Å². The molecule has 0 aliphatic carbocycles. The van der Waals surface area contributed by atoms with Gasteiger partial charge in [0.05, 0.1) is 26.2 Å². The van der Waals surface area contributed by atoms with Crippen LogP contribution < -0.4 is 0 Å². The molecule has 0 spiro atoms. The third-order valence-corrected chi connectivity index (χ3v) is 6.00. The fourth-order valence-corrected chi connectivity index (χ4v) is 4.12. The highest BCUT2D eigenvalue weighted by Gasteiger charge is 2.13. The molecule has 0 N–H and O–H groups in total. The Bertz CT molecular complexity index is 1470. The minimum Gasteiger partial charge on any atom is -0.164 e. The van der Waals surface area contributed by atoms with E-state index >= 15 is 0 Å². The van der Waals surface area contributed by atoms with Crippen LogP contribution in [0.2, 0.25) is 0 Å². The zero-order chi connectivity index (χ0) is 25.3. The molecule has 12 bridgehead atoms. The van der Waals surface area contributed by atoms with Crippen molar-refractivity contribution in [3.05, 3.63) is 48.5 Å². The number of tetrazole rings is 4. The van der Waals surface area contributed by atoms with Crippen molar-refractivity contribution in [2.24, 2.45) is 0 Å². The fraction of sp³-hybridized carbons (Fsp3) is 0.273. The van der Waals surface area contributed by atoms with Crippen molar-refractivity contribution in [2.75, 3.05) is 0 Å². The SMILES string of the molecule is c1cc2cc(c1)-c1nnn(n1)CCCn1nnc(n1)-c1cccc(c1)-c1nnn(n1)CCCn1nnc-2n1. The van der Waals surface area contributed by atoms with Gasteiger partial charge in [-0.05, 0) is 45.8 Å². The summed E-state index contributed by atoms with van der Waals surface area (Å²) < 4.78 is 0. The average Bonchev–Trinajstić information content (AvgIpc) is 3.76. The number of nitrogens with zero attached hydrogens (tertiary/aromatic N) is 16. The van der Waals surface area contributed by atoms with Gasteiger partial charge in [0.2, 0.25) is 23.3 Å². The van der Waals surface area contributed by atoms with E-state index in [1.54, 1.807) is 19.2 Å². The zero-order valence-electron chi connectivity index (χ0n) is 20.0. The molecule has 4 aromatic heterocycles. The van der Waals surface area contributed by atoms with Crippen LogP contribution in [0.3, 0.4) is 0 Å². The zero-order valence-corrected chi connectivity index (χ0v) is 20.0. The van der Waals surface area contributed by atoms with E-state index in [0.717, 1.165) is 22.3 Å². The molecule has 188 valence electrons. The standard InChI is InChI=1S/C22H20N16/c1-5-15-13-16(6-1)20-24-32-36(28-20)10-4-12-38-30-22(26-34-38)18-8-2-7-17(14-18)21-25-33-37(29-21)11-3-9-35-27-19(15)23-31-35/h1-2,5-8,13-14H,3-4,9-12H2. The van der Waals surface area contributed by atoms with Gasteiger partial charge < -0.3 is 0 Å².